The van der Waals surface area contributed by atoms with Crippen LogP contribution in [-0.4, -0.2) is 39.8 Å². The third-order valence-electron chi connectivity index (χ3n) is 4.90. The van der Waals surface area contributed by atoms with Crippen molar-refractivity contribution >= 4 is 21.9 Å². The summed E-state index contributed by atoms with van der Waals surface area (Å²) in [4.78, 5) is 24.2. The molecule has 1 aromatic heterocycles. The monoisotopic (exact) mass is 445 g/mol. The number of esters is 1. The Morgan fingerprint density at radius 3 is 2.86 bits per heavy atom. The van der Waals surface area contributed by atoms with Crippen LogP contribution in [0.25, 0.3) is 21.8 Å². The normalized spacial score (nSPS) is 23.8. The highest BCUT2D eigenvalue weighted by Crippen LogP contribution is 2.44. The van der Waals surface area contributed by atoms with Crippen molar-refractivity contribution in [2.24, 2.45) is 10.5 Å². The summed E-state index contributed by atoms with van der Waals surface area (Å²) in [6.45, 7) is 1.99. The lowest BCUT2D eigenvalue weighted by Gasteiger charge is -2.27. The first-order valence-electron chi connectivity index (χ1n) is 8.94. The van der Waals surface area contributed by atoms with E-state index in [4.69, 9.17) is 10.3 Å². The molecule has 1 N–H and O–H groups in total. The molecular weight excluding hydrogens is 426 g/mol. The summed E-state index contributed by atoms with van der Waals surface area (Å²) in [5.74, 6) is 0.198. The largest absolute Gasteiger partial charge is 0.466 e. The zero-order chi connectivity index (χ0) is 20.1. The molecule has 1 aromatic carbocycles. The Morgan fingerprint density at radius 2 is 2.18 bits per heavy atom. The third kappa shape index (κ3) is 4.32. The predicted octanol–water partition coefficient (Wildman–Crippen LogP) is 3.83. The molecule has 0 spiro atoms. The molecule has 1 fully saturated rings. The number of aliphatic hydroxyl groups is 1. The number of aromatic nitrogens is 2. The summed E-state index contributed by atoms with van der Waals surface area (Å²) in [5.41, 5.74) is 9.53. The number of benzene rings is 1. The standard InChI is InChI=1S/C19H20BrN5O3/c1-2-28-18(27)19(8-15(24-25-21)16(26)9-19)7-12-4-3-5-13(6-12)17-22-10-14(20)11-23-17/h3-6,10-11,15-16,26H,2,7-9H2,1H3/t15-,16-,19-/m1/s1. The molecule has 1 heterocycles. The van der Waals surface area contributed by atoms with Gasteiger partial charge in [-0.25, -0.2) is 9.97 Å². The molecular formula is C19H20BrN5O3. The average molecular weight is 446 g/mol. The molecule has 0 saturated heterocycles. The van der Waals surface area contributed by atoms with Gasteiger partial charge in [-0.15, -0.1) is 0 Å². The number of carbonyl (C=O) groups excluding carboxylic acids is 1. The number of carbonyl (C=O) groups is 1. The summed E-state index contributed by atoms with van der Waals surface area (Å²) in [6.07, 6.45) is 3.27. The second kappa shape index (κ2) is 8.68. The van der Waals surface area contributed by atoms with Crippen LogP contribution in [0.2, 0.25) is 0 Å². The maximum Gasteiger partial charge on any atom is 0.312 e. The van der Waals surface area contributed by atoms with E-state index in [0.29, 0.717) is 12.2 Å². The molecule has 0 amide bonds. The van der Waals surface area contributed by atoms with Gasteiger partial charge in [-0.2, -0.15) is 0 Å². The van der Waals surface area contributed by atoms with Crippen LogP contribution in [-0.2, 0) is 16.0 Å². The van der Waals surface area contributed by atoms with E-state index in [1.54, 1.807) is 19.3 Å². The van der Waals surface area contributed by atoms with E-state index < -0.39 is 17.6 Å². The number of nitrogens with zero attached hydrogens (tertiary/aromatic N) is 5. The fraction of sp³-hybridized carbons (Fsp3) is 0.421. The molecule has 1 aliphatic rings. The fourth-order valence-electron chi connectivity index (χ4n) is 3.68. The Balaban J connectivity index is 1.91. The first-order chi connectivity index (χ1) is 13.5. The third-order valence-corrected chi connectivity index (χ3v) is 5.31. The average Bonchev–Trinajstić information content (AvgIpc) is 2.99. The zero-order valence-electron chi connectivity index (χ0n) is 15.3. The van der Waals surface area contributed by atoms with Crippen LogP contribution in [0.4, 0.5) is 0 Å². The fourth-order valence-corrected chi connectivity index (χ4v) is 3.88. The molecule has 0 unspecified atom stereocenters. The van der Waals surface area contributed by atoms with Gasteiger partial charge in [0, 0.05) is 22.9 Å². The number of rotatable bonds is 6. The smallest absolute Gasteiger partial charge is 0.312 e. The van der Waals surface area contributed by atoms with Crippen LogP contribution in [0.1, 0.15) is 25.3 Å². The van der Waals surface area contributed by atoms with Gasteiger partial charge in [0.15, 0.2) is 5.82 Å². The van der Waals surface area contributed by atoms with E-state index >= 15 is 0 Å². The molecule has 8 nitrogen and oxygen atoms in total. The molecule has 3 atom stereocenters. The number of azide groups is 1. The van der Waals surface area contributed by atoms with Gasteiger partial charge >= 0.3 is 5.97 Å². The van der Waals surface area contributed by atoms with Crippen molar-refractivity contribution in [2.45, 2.75) is 38.3 Å². The molecule has 0 bridgehead atoms. The highest BCUT2D eigenvalue weighted by atomic mass is 79.9. The van der Waals surface area contributed by atoms with Crippen LogP contribution in [0, 0.1) is 5.41 Å². The van der Waals surface area contributed by atoms with Gasteiger partial charge in [-0.1, -0.05) is 23.3 Å². The summed E-state index contributed by atoms with van der Waals surface area (Å²) in [7, 11) is 0. The molecule has 2 aromatic rings. The quantitative estimate of drug-likeness (QED) is 0.313. The van der Waals surface area contributed by atoms with E-state index in [9.17, 15) is 9.90 Å². The zero-order valence-corrected chi connectivity index (χ0v) is 16.9. The van der Waals surface area contributed by atoms with Crippen LogP contribution < -0.4 is 0 Å². The summed E-state index contributed by atoms with van der Waals surface area (Å²) < 4.78 is 6.08. The van der Waals surface area contributed by atoms with E-state index in [2.05, 4.69) is 35.9 Å². The summed E-state index contributed by atoms with van der Waals surface area (Å²) in [5, 5.41) is 14.0. The number of halogens is 1. The van der Waals surface area contributed by atoms with Crippen LogP contribution in [0.5, 0.6) is 0 Å². The van der Waals surface area contributed by atoms with Gasteiger partial charge in [-0.3, -0.25) is 4.79 Å². The van der Waals surface area contributed by atoms with Gasteiger partial charge in [0.05, 0.1) is 28.6 Å². The second-order valence-electron chi connectivity index (χ2n) is 6.85. The minimum atomic E-state index is -0.937. The predicted molar refractivity (Wildman–Crippen MR) is 106 cm³/mol. The number of hydrogen-bond donors (Lipinski definition) is 1. The maximum absolute atomic E-state index is 12.8. The molecule has 0 radical (unpaired) electrons. The van der Waals surface area contributed by atoms with Crippen molar-refractivity contribution in [1.82, 2.24) is 9.97 Å². The first kappa shape index (κ1) is 20.3. The lowest BCUT2D eigenvalue weighted by atomic mass is 9.79. The summed E-state index contributed by atoms with van der Waals surface area (Å²) >= 11 is 3.32. The van der Waals surface area contributed by atoms with Crippen LogP contribution >= 0.6 is 15.9 Å². The molecule has 3 rings (SSSR count). The minimum absolute atomic E-state index is 0.189. The van der Waals surface area contributed by atoms with Gasteiger partial charge in [0.25, 0.3) is 0 Å². The van der Waals surface area contributed by atoms with Gasteiger partial charge in [-0.05, 0) is 59.3 Å². The minimum Gasteiger partial charge on any atom is -0.466 e. The lowest BCUT2D eigenvalue weighted by molar-refractivity contribution is -0.155. The number of ether oxygens (including phenoxy) is 1. The highest BCUT2D eigenvalue weighted by molar-refractivity contribution is 9.10. The topological polar surface area (TPSA) is 121 Å². The van der Waals surface area contributed by atoms with E-state index in [-0.39, 0.29) is 25.4 Å². The molecule has 1 aliphatic carbocycles. The lowest BCUT2D eigenvalue weighted by Crippen LogP contribution is -2.33. The van der Waals surface area contributed by atoms with Crippen molar-refractivity contribution < 1.29 is 14.6 Å². The SMILES string of the molecule is CCOC(=O)[C@@]1(Cc2cccc(-c3ncc(Br)cn3)c2)C[C@@H](O)[C@H](N=[N+]=[N-])C1. The Morgan fingerprint density at radius 1 is 1.43 bits per heavy atom. The molecule has 28 heavy (non-hydrogen) atoms. The van der Waals surface area contributed by atoms with Crippen molar-refractivity contribution in [2.75, 3.05) is 6.61 Å². The van der Waals surface area contributed by atoms with Crippen molar-refractivity contribution in [3.8, 4) is 11.4 Å². The molecule has 1 saturated carbocycles. The van der Waals surface area contributed by atoms with Crippen LogP contribution in [0.3, 0.4) is 0 Å². The maximum atomic E-state index is 12.8. The Hall–Kier alpha value is -2.48. The van der Waals surface area contributed by atoms with Crippen LogP contribution in [0.15, 0.2) is 46.2 Å². The van der Waals surface area contributed by atoms with Crippen molar-refractivity contribution in [1.29, 1.82) is 0 Å². The Bertz CT molecular complexity index is 901. The number of aliphatic hydroxyl groups excluding tert-OH is 1. The van der Waals surface area contributed by atoms with E-state index in [1.807, 2.05) is 24.3 Å². The highest BCUT2D eigenvalue weighted by Gasteiger charge is 2.50. The summed E-state index contributed by atoms with van der Waals surface area (Å²) in [6, 6.07) is 6.97. The van der Waals surface area contributed by atoms with Gasteiger partial charge < -0.3 is 9.84 Å². The molecule has 0 aliphatic heterocycles. The Kier molecular flexibility index (Phi) is 6.28. The second-order valence-corrected chi connectivity index (χ2v) is 7.77. The van der Waals surface area contributed by atoms with Crippen molar-refractivity contribution in [3.63, 3.8) is 0 Å². The molecule has 9 heteroatoms. The number of hydrogen-bond acceptors (Lipinski definition) is 6. The molecule has 146 valence electrons. The first-order valence-corrected chi connectivity index (χ1v) is 9.73. The van der Waals surface area contributed by atoms with Gasteiger partial charge in [0.2, 0.25) is 0 Å². The Labute approximate surface area is 170 Å². The van der Waals surface area contributed by atoms with Gasteiger partial charge in [0.1, 0.15) is 0 Å². The van der Waals surface area contributed by atoms with Crippen molar-refractivity contribution in [3.05, 3.63) is 57.1 Å². The van der Waals surface area contributed by atoms with E-state index in [1.165, 1.54) is 0 Å². The van der Waals surface area contributed by atoms with E-state index in [0.717, 1.165) is 15.6 Å².